The Morgan fingerprint density at radius 2 is 2.12 bits per heavy atom. The first kappa shape index (κ1) is 15.3. The Balaban J connectivity index is 1.62. The van der Waals surface area contributed by atoms with Crippen LogP contribution in [0.2, 0.25) is 0 Å². The van der Waals surface area contributed by atoms with Crippen LogP contribution in [-0.4, -0.2) is 38.1 Å². The molecule has 2 aromatic heterocycles. The number of anilines is 1. The van der Waals surface area contributed by atoms with Crippen molar-refractivity contribution in [2.24, 2.45) is 5.92 Å². The van der Waals surface area contributed by atoms with Gasteiger partial charge in [-0.2, -0.15) is 14.9 Å². The van der Waals surface area contributed by atoms with E-state index in [0.29, 0.717) is 17.1 Å². The van der Waals surface area contributed by atoms with Crippen LogP contribution in [-0.2, 0) is 0 Å². The molecule has 1 saturated carbocycles. The fourth-order valence-electron chi connectivity index (χ4n) is 3.11. The summed E-state index contributed by atoms with van der Waals surface area (Å²) in [4.78, 5) is 8.88. The molecular formula is C17H17N7O. The van der Waals surface area contributed by atoms with Gasteiger partial charge in [-0.25, -0.2) is 4.98 Å². The van der Waals surface area contributed by atoms with Crippen LogP contribution < -0.4 is 10.1 Å². The van der Waals surface area contributed by atoms with Gasteiger partial charge in [-0.3, -0.25) is 0 Å². The lowest BCUT2D eigenvalue weighted by molar-refractivity contribution is 0.414. The van der Waals surface area contributed by atoms with Crippen molar-refractivity contribution in [1.82, 2.24) is 25.0 Å². The number of hydrogen-bond donors (Lipinski definition) is 1. The van der Waals surface area contributed by atoms with Gasteiger partial charge in [-0.1, -0.05) is 5.21 Å². The first-order chi connectivity index (χ1) is 12.3. The van der Waals surface area contributed by atoms with Gasteiger partial charge in [0.25, 0.3) is 0 Å². The lowest BCUT2D eigenvalue weighted by atomic mass is 10.1. The second-order valence-electron chi connectivity index (χ2n) is 6.08. The molecule has 0 amide bonds. The van der Waals surface area contributed by atoms with Gasteiger partial charge >= 0.3 is 0 Å². The number of nitrogens with one attached hydrogen (secondary N) is 1. The molecule has 1 aliphatic carbocycles. The third kappa shape index (κ3) is 2.96. The van der Waals surface area contributed by atoms with Crippen molar-refractivity contribution in [3.05, 3.63) is 30.5 Å². The number of nitrogens with zero attached hydrogens (tertiary/aromatic N) is 6. The average molecular weight is 335 g/mol. The van der Waals surface area contributed by atoms with E-state index in [9.17, 15) is 0 Å². The van der Waals surface area contributed by atoms with E-state index in [1.165, 1.54) is 0 Å². The first-order valence-electron chi connectivity index (χ1n) is 8.16. The Morgan fingerprint density at radius 1 is 1.28 bits per heavy atom. The fourth-order valence-corrected chi connectivity index (χ4v) is 3.11. The van der Waals surface area contributed by atoms with Crippen molar-refractivity contribution in [1.29, 1.82) is 5.26 Å². The summed E-state index contributed by atoms with van der Waals surface area (Å²) in [6.45, 7) is 0. The lowest BCUT2D eigenvalue weighted by Crippen LogP contribution is -2.17. The predicted molar refractivity (Wildman–Crippen MR) is 91.4 cm³/mol. The van der Waals surface area contributed by atoms with E-state index >= 15 is 0 Å². The number of rotatable bonds is 4. The summed E-state index contributed by atoms with van der Waals surface area (Å²) in [6.07, 6.45) is 4.36. The van der Waals surface area contributed by atoms with E-state index in [0.717, 1.165) is 30.7 Å². The third-order valence-electron chi connectivity index (χ3n) is 4.46. The van der Waals surface area contributed by atoms with Gasteiger partial charge in [-0.15, -0.1) is 5.10 Å². The summed E-state index contributed by atoms with van der Waals surface area (Å²) in [5.41, 5.74) is 2.11. The summed E-state index contributed by atoms with van der Waals surface area (Å²) < 4.78 is 6.86. The van der Waals surface area contributed by atoms with E-state index in [2.05, 4.69) is 31.7 Å². The standard InChI is InChI=1S/C17H17N7O/c1-25-14-6-4-13(5-7-14)24-16-15(22-23-24)10-19-17(21-16)20-12-3-2-11(8-12)9-18/h4-7,10-12H,2-3,8H2,1H3,(H,19,20,21). The minimum atomic E-state index is 0.118. The Labute approximate surface area is 144 Å². The molecule has 0 spiro atoms. The average Bonchev–Trinajstić information content (AvgIpc) is 3.28. The van der Waals surface area contributed by atoms with E-state index in [1.807, 2.05) is 24.3 Å². The molecule has 0 saturated heterocycles. The molecule has 8 heteroatoms. The highest BCUT2D eigenvalue weighted by molar-refractivity contribution is 5.72. The van der Waals surface area contributed by atoms with Gasteiger partial charge < -0.3 is 10.1 Å². The number of aromatic nitrogens is 5. The van der Waals surface area contributed by atoms with E-state index in [1.54, 1.807) is 18.0 Å². The molecule has 3 aromatic rings. The molecule has 8 nitrogen and oxygen atoms in total. The highest BCUT2D eigenvalue weighted by atomic mass is 16.5. The molecule has 2 unspecified atom stereocenters. The molecule has 0 aliphatic heterocycles. The molecule has 0 radical (unpaired) electrons. The largest absolute Gasteiger partial charge is 0.497 e. The highest BCUT2D eigenvalue weighted by Gasteiger charge is 2.25. The molecule has 1 fully saturated rings. The summed E-state index contributed by atoms with van der Waals surface area (Å²) in [5, 5.41) is 20.6. The third-order valence-corrected chi connectivity index (χ3v) is 4.46. The van der Waals surface area contributed by atoms with Crippen LogP contribution in [0, 0.1) is 17.2 Å². The number of benzene rings is 1. The Morgan fingerprint density at radius 3 is 2.84 bits per heavy atom. The summed E-state index contributed by atoms with van der Waals surface area (Å²) in [5.74, 6) is 1.43. The summed E-state index contributed by atoms with van der Waals surface area (Å²) in [6, 6.07) is 10.1. The molecule has 2 atom stereocenters. The van der Waals surface area contributed by atoms with E-state index < -0.39 is 0 Å². The van der Waals surface area contributed by atoms with E-state index in [-0.39, 0.29) is 12.0 Å². The summed E-state index contributed by atoms with van der Waals surface area (Å²) in [7, 11) is 1.63. The number of methoxy groups -OCH3 is 1. The maximum Gasteiger partial charge on any atom is 0.225 e. The second-order valence-corrected chi connectivity index (χ2v) is 6.08. The Bertz CT molecular complexity index is 928. The van der Waals surface area contributed by atoms with Crippen molar-refractivity contribution < 1.29 is 4.74 Å². The number of nitriles is 1. The number of hydrogen-bond acceptors (Lipinski definition) is 7. The van der Waals surface area contributed by atoms with Crippen LogP contribution in [0.5, 0.6) is 5.75 Å². The van der Waals surface area contributed by atoms with Crippen molar-refractivity contribution >= 4 is 17.1 Å². The molecule has 1 aliphatic rings. The maximum absolute atomic E-state index is 9.03. The Hall–Kier alpha value is -3.21. The van der Waals surface area contributed by atoms with Crippen LogP contribution in [0.1, 0.15) is 19.3 Å². The molecule has 1 aromatic carbocycles. The van der Waals surface area contributed by atoms with Crippen LogP contribution in [0.4, 0.5) is 5.95 Å². The predicted octanol–water partition coefficient (Wildman–Crippen LogP) is 2.32. The van der Waals surface area contributed by atoms with Crippen molar-refractivity contribution in [3.8, 4) is 17.5 Å². The smallest absolute Gasteiger partial charge is 0.225 e. The molecule has 4 rings (SSSR count). The number of fused-ring (bicyclic) bond motifs is 1. The van der Waals surface area contributed by atoms with E-state index in [4.69, 9.17) is 10.00 Å². The zero-order valence-electron chi connectivity index (χ0n) is 13.8. The van der Waals surface area contributed by atoms with Gasteiger partial charge in [0, 0.05) is 12.0 Å². The minimum absolute atomic E-state index is 0.118. The zero-order chi connectivity index (χ0) is 17.2. The van der Waals surface area contributed by atoms with Crippen LogP contribution in [0.15, 0.2) is 30.5 Å². The Kier molecular flexibility index (Phi) is 3.90. The molecule has 2 heterocycles. The maximum atomic E-state index is 9.03. The highest BCUT2D eigenvalue weighted by Crippen LogP contribution is 2.27. The lowest BCUT2D eigenvalue weighted by Gasteiger charge is -2.11. The topological polar surface area (TPSA) is 102 Å². The minimum Gasteiger partial charge on any atom is -0.497 e. The quantitative estimate of drug-likeness (QED) is 0.780. The normalized spacial score (nSPS) is 19.7. The molecule has 126 valence electrons. The molecular weight excluding hydrogens is 318 g/mol. The van der Waals surface area contributed by atoms with Crippen LogP contribution >= 0.6 is 0 Å². The second kappa shape index (κ2) is 6.36. The van der Waals surface area contributed by atoms with Crippen LogP contribution in [0.3, 0.4) is 0 Å². The van der Waals surface area contributed by atoms with Crippen molar-refractivity contribution in [2.75, 3.05) is 12.4 Å². The number of ether oxygens (including phenoxy) is 1. The zero-order valence-corrected chi connectivity index (χ0v) is 13.8. The van der Waals surface area contributed by atoms with Gasteiger partial charge in [0.2, 0.25) is 5.95 Å². The van der Waals surface area contributed by atoms with Crippen LogP contribution in [0.25, 0.3) is 16.9 Å². The summed E-state index contributed by atoms with van der Waals surface area (Å²) >= 11 is 0. The van der Waals surface area contributed by atoms with Gasteiger partial charge in [0.1, 0.15) is 5.75 Å². The fraction of sp³-hybridized carbons (Fsp3) is 0.353. The monoisotopic (exact) mass is 335 g/mol. The van der Waals surface area contributed by atoms with Crippen molar-refractivity contribution in [3.63, 3.8) is 0 Å². The molecule has 0 bridgehead atoms. The first-order valence-corrected chi connectivity index (χ1v) is 8.16. The van der Waals surface area contributed by atoms with Crippen molar-refractivity contribution in [2.45, 2.75) is 25.3 Å². The molecule has 1 N–H and O–H groups in total. The van der Waals surface area contributed by atoms with Gasteiger partial charge in [0.15, 0.2) is 11.2 Å². The van der Waals surface area contributed by atoms with Gasteiger partial charge in [-0.05, 0) is 43.5 Å². The molecule has 25 heavy (non-hydrogen) atoms. The SMILES string of the molecule is COc1ccc(-n2nnc3cnc(NC4CCC(C#N)C4)nc32)cc1. The van der Waals surface area contributed by atoms with Gasteiger partial charge in [0.05, 0.1) is 25.1 Å².